The van der Waals surface area contributed by atoms with Crippen molar-refractivity contribution in [3.8, 4) is 5.75 Å². The number of hydrogen-bond donors (Lipinski definition) is 2. The second-order valence-corrected chi connectivity index (χ2v) is 19.7. The molecule has 2 fully saturated rings. The molecular weight excluding hydrogens is 849 g/mol. The molecule has 0 unspecified atom stereocenters. The van der Waals surface area contributed by atoms with Gasteiger partial charge in [0.2, 0.25) is 21.8 Å². The number of sulfonamides is 1. The molecule has 3 heterocycles. The average molecular weight is 905 g/mol. The number of carbonyl (C=O) groups excluding carboxylic acids is 4. The number of aliphatic imine (C=N–C) groups is 1. The number of para-hydroxylation sites is 1. The van der Waals surface area contributed by atoms with Crippen LogP contribution in [-0.4, -0.2) is 107 Å². The van der Waals surface area contributed by atoms with Crippen molar-refractivity contribution in [2.75, 3.05) is 26.2 Å². The van der Waals surface area contributed by atoms with Gasteiger partial charge in [-0.15, -0.1) is 0 Å². The first-order valence-electron chi connectivity index (χ1n) is 20.1. The summed E-state index contributed by atoms with van der Waals surface area (Å²) in [6.07, 6.45) is 1.03. The number of amides is 4. The standard InChI is InChI=1S/C42H55Cl2N7O9S/c1-26-23-27(2)46-37-29(26)11-9-13-33(37)58-24-30-31(43)14-15-34(36(30)44)61(56,57)51-19-10-12-32(51)38(53)47-28-16-20-49(21-17-28)35(52)18-22-50(48-40(55)60-42(6,7)8)25-45-39(54)59-41(3,4)5/h9,11,13-15,23,25,28,32H,10,12,16-22,24H2,1-8H3,(H,47,53)(H,48,55)/t32-/m0/s1. The van der Waals surface area contributed by atoms with Gasteiger partial charge in [0.25, 0.3) is 0 Å². The average Bonchev–Trinajstić information content (AvgIpc) is 3.66. The normalized spacial score (nSPS) is 16.8. The number of benzene rings is 2. The van der Waals surface area contributed by atoms with E-state index >= 15 is 0 Å². The van der Waals surface area contributed by atoms with Crippen molar-refractivity contribution < 1.29 is 41.8 Å². The van der Waals surface area contributed by atoms with E-state index in [1.807, 2.05) is 32.0 Å². The number of aryl methyl sites for hydroxylation is 2. The second-order valence-electron chi connectivity index (χ2n) is 17.1. The number of ether oxygens (including phenoxy) is 3. The number of aromatic nitrogens is 1. The summed E-state index contributed by atoms with van der Waals surface area (Å²) >= 11 is 13.4. The van der Waals surface area contributed by atoms with Crippen LogP contribution in [0.5, 0.6) is 5.75 Å². The summed E-state index contributed by atoms with van der Waals surface area (Å²) in [5.74, 6) is -0.151. The number of likely N-dealkylation sites (tertiary alicyclic amines) is 1. The smallest absolute Gasteiger partial charge is 0.435 e. The van der Waals surface area contributed by atoms with Gasteiger partial charge in [0.15, 0.2) is 0 Å². The molecule has 2 saturated heterocycles. The molecule has 332 valence electrons. The van der Waals surface area contributed by atoms with Crippen molar-refractivity contribution in [3.63, 3.8) is 0 Å². The number of nitrogens with zero attached hydrogens (tertiary/aromatic N) is 5. The molecule has 5 rings (SSSR count). The van der Waals surface area contributed by atoms with Crippen molar-refractivity contribution in [2.45, 2.75) is 122 Å². The van der Waals surface area contributed by atoms with Crippen molar-refractivity contribution in [1.82, 2.24) is 29.9 Å². The van der Waals surface area contributed by atoms with Crippen LogP contribution in [0.2, 0.25) is 10.0 Å². The number of nitrogens with one attached hydrogen (secondary N) is 2. The highest BCUT2D eigenvalue weighted by Gasteiger charge is 2.41. The SMILES string of the molecule is Cc1cc(C)c2cccc(OCc3c(Cl)ccc(S(=O)(=O)N4CCC[C@H]4C(=O)NC4CCN(C(=O)CCN(C=NC(=O)OC(C)(C)C)NC(=O)OC(C)(C)C)CC4)c3Cl)c2n1. The summed E-state index contributed by atoms with van der Waals surface area (Å²) in [5, 5.41) is 5.26. The van der Waals surface area contributed by atoms with Gasteiger partial charge in [-0.05, 0) is 111 Å². The van der Waals surface area contributed by atoms with Gasteiger partial charge in [0.05, 0.1) is 5.02 Å². The molecule has 1 aromatic heterocycles. The van der Waals surface area contributed by atoms with Crippen LogP contribution in [0, 0.1) is 13.8 Å². The Balaban J connectivity index is 1.18. The maximum absolute atomic E-state index is 14.2. The van der Waals surface area contributed by atoms with Gasteiger partial charge in [0.1, 0.15) is 46.4 Å². The molecule has 0 saturated carbocycles. The Morgan fingerprint density at radius 2 is 1.66 bits per heavy atom. The number of rotatable bonds is 12. The first-order valence-corrected chi connectivity index (χ1v) is 22.3. The number of carbonyl (C=O) groups is 4. The summed E-state index contributed by atoms with van der Waals surface area (Å²) in [4.78, 5) is 61.5. The molecule has 2 aliphatic heterocycles. The molecule has 2 N–H and O–H groups in total. The van der Waals surface area contributed by atoms with Crippen LogP contribution in [0.3, 0.4) is 0 Å². The quantitative estimate of drug-likeness (QED) is 0.107. The number of fused-ring (bicyclic) bond motifs is 1. The predicted octanol–water partition coefficient (Wildman–Crippen LogP) is 7.09. The molecule has 0 radical (unpaired) electrons. The minimum atomic E-state index is -4.25. The van der Waals surface area contributed by atoms with Crippen LogP contribution in [0.4, 0.5) is 9.59 Å². The van der Waals surface area contributed by atoms with Crippen molar-refractivity contribution in [3.05, 3.63) is 63.3 Å². The third-order valence-electron chi connectivity index (χ3n) is 9.84. The van der Waals surface area contributed by atoms with E-state index in [0.717, 1.165) is 23.0 Å². The minimum Gasteiger partial charge on any atom is -0.487 e. The maximum Gasteiger partial charge on any atom is 0.435 e. The van der Waals surface area contributed by atoms with Crippen LogP contribution in [-0.2, 0) is 35.7 Å². The number of hydrazine groups is 1. The van der Waals surface area contributed by atoms with E-state index in [4.69, 9.17) is 37.4 Å². The van der Waals surface area contributed by atoms with Gasteiger partial charge in [0, 0.05) is 60.3 Å². The topological polar surface area (TPSA) is 189 Å². The molecule has 2 aliphatic rings. The monoisotopic (exact) mass is 903 g/mol. The lowest BCUT2D eigenvalue weighted by atomic mass is 10.0. The van der Waals surface area contributed by atoms with E-state index in [0.29, 0.717) is 50.0 Å². The lowest BCUT2D eigenvalue weighted by Crippen LogP contribution is -2.52. The number of pyridine rings is 1. The molecule has 0 bridgehead atoms. The van der Waals surface area contributed by atoms with Crippen LogP contribution in [0.15, 0.2) is 46.3 Å². The summed E-state index contributed by atoms with van der Waals surface area (Å²) in [6, 6.07) is 9.11. The van der Waals surface area contributed by atoms with E-state index in [9.17, 15) is 27.6 Å². The molecule has 19 heteroatoms. The summed E-state index contributed by atoms with van der Waals surface area (Å²) in [7, 11) is -4.25. The Kier molecular flexibility index (Phi) is 15.2. The number of halogens is 2. The van der Waals surface area contributed by atoms with E-state index in [1.165, 1.54) is 21.4 Å². The molecule has 16 nitrogen and oxygen atoms in total. The highest BCUT2D eigenvalue weighted by Crippen LogP contribution is 2.37. The van der Waals surface area contributed by atoms with Gasteiger partial charge in [-0.25, -0.2) is 28.4 Å². The molecule has 1 atom stereocenters. The Labute approximate surface area is 367 Å². The van der Waals surface area contributed by atoms with Crippen molar-refractivity contribution >= 4 is 74.5 Å². The Hall–Kier alpha value is -4.71. The molecule has 0 aliphatic carbocycles. The van der Waals surface area contributed by atoms with Gasteiger partial charge in [-0.3, -0.25) is 14.6 Å². The first-order chi connectivity index (χ1) is 28.5. The van der Waals surface area contributed by atoms with Crippen LogP contribution < -0.4 is 15.5 Å². The van der Waals surface area contributed by atoms with Crippen LogP contribution in [0.1, 0.15) is 90.5 Å². The third-order valence-corrected chi connectivity index (χ3v) is 12.7. The first kappa shape index (κ1) is 47.3. The third kappa shape index (κ3) is 12.7. The van der Waals surface area contributed by atoms with Gasteiger partial charge >= 0.3 is 12.2 Å². The number of hydrogen-bond acceptors (Lipinski definition) is 10. The molecule has 2 aromatic carbocycles. The molecule has 0 spiro atoms. The van der Waals surface area contributed by atoms with Gasteiger partial charge < -0.3 is 24.4 Å². The summed E-state index contributed by atoms with van der Waals surface area (Å²) in [6.45, 7) is 14.7. The van der Waals surface area contributed by atoms with E-state index in [-0.39, 0.29) is 58.6 Å². The number of piperidine rings is 1. The summed E-state index contributed by atoms with van der Waals surface area (Å²) in [5.41, 5.74) is 3.73. The lowest BCUT2D eigenvalue weighted by Gasteiger charge is -2.34. The minimum absolute atomic E-state index is 0.0275. The fourth-order valence-electron chi connectivity index (χ4n) is 7.06. The zero-order valence-corrected chi connectivity index (χ0v) is 38.2. The van der Waals surface area contributed by atoms with Gasteiger partial charge in [-0.1, -0.05) is 35.3 Å². The molecule has 61 heavy (non-hydrogen) atoms. The molecule has 3 aromatic rings. The lowest BCUT2D eigenvalue weighted by molar-refractivity contribution is -0.132. The van der Waals surface area contributed by atoms with E-state index in [1.54, 1.807) is 52.5 Å². The predicted molar refractivity (Wildman–Crippen MR) is 232 cm³/mol. The fraction of sp³-hybridized carbons (Fsp3) is 0.524. The van der Waals surface area contributed by atoms with Crippen LogP contribution >= 0.6 is 23.2 Å². The molecular formula is C42H55Cl2N7O9S. The Morgan fingerprint density at radius 1 is 0.967 bits per heavy atom. The maximum atomic E-state index is 14.2. The zero-order valence-electron chi connectivity index (χ0n) is 35.8. The van der Waals surface area contributed by atoms with Crippen LogP contribution in [0.25, 0.3) is 10.9 Å². The highest BCUT2D eigenvalue weighted by atomic mass is 35.5. The van der Waals surface area contributed by atoms with E-state index in [2.05, 4.69) is 20.7 Å². The van der Waals surface area contributed by atoms with Crippen molar-refractivity contribution in [2.24, 2.45) is 4.99 Å². The van der Waals surface area contributed by atoms with E-state index < -0.39 is 45.4 Å². The van der Waals surface area contributed by atoms with Crippen molar-refractivity contribution in [1.29, 1.82) is 0 Å². The Bertz CT molecular complexity index is 2270. The Morgan fingerprint density at radius 3 is 2.33 bits per heavy atom. The highest BCUT2D eigenvalue weighted by molar-refractivity contribution is 7.89. The van der Waals surface area contributed by atoms with Gasteiger partial charge in [-0.2, -0.15) is 9.30 Å². The molecule has 4 amide bonds. The zero-order chi connectivity index (χ0) is 44.9. The largest absolute Gasteiger partial charge is 0.487 e. The summed E-state index contributed by atoms with van der Waals surface area (Å²) < 4.78 is 46.2. The second kappa shape index (κ2) is 19.6. The fourth-order valence-corrected chi connectivity index (χ4v) is 9.58.